The second-order valence-corrected chi connectivity index (χ2v) is 7.63. The van der Waals surface area contributed by atoms with Crippen LogP contribution in [0.2, 0.25) is 0 Å². The number of nitrogen functional groups attached to an aromatic ring is 1. The van der Waals surface area contributed by atoms with Crippen LogP contribution in [0.3, 0.4) is 0 Å². The van der Waals surface area contributed by atoms with Crippen LogP contribution >= 0.6 is 0 Å². The van der Waals surface area contributed by atoms with Gasteiger partial charge in [-0.2, -0.15) is 9.97 Å². The highest BCUT2D eigenvalue weighted by molar-refractivity contribution is 5.85. The van der Waals surface area contributed by atoms with Gasteiger partial charge in [-0.05, 0) is 35.4 Å². The van der Waals surface area contributed by atoms with Crippen molar-refractivity contribution < 1.29 is 14.6 Å². The monoisotopic (exact) mass is 472 g/mol. The topological polar surface area (TPSA) is 127 Å². The average Bonchev–Trinajstić information content (AvgIpc) is 2.91. The summed E-state index contributed by atoms with van der Waals surface area (Å²) >= 11 is 0. The zero-order valence-corrected chi connectivity index (χ0v) is 19.5. The number of aliphatic hydroxyl groups excluding tert-OH is 1. The molecule has 0 saturated heterocycles. The van der Waals surface area contributed by atoms with Crippen molar-refractivity contribution in [1.82, 2.24) is 9.97 Å². The molecule has 9 nitrogen and oxygen atoms in total. The van der Waals surface area contributed by atoms with E-state index >= 15 is 0 Å². The first-order valence-corrected chi connectivity index (χ1v) is 11.0. The first-order chi connectivity index (χ1) is 17.1. The van der Waals surface area contributed by atoms with Crippen molar-refractivity contribution in [3.8, 4) is 22.6 Å². The van der Waals surface area contributed by atoms with E-state index in [-0.39, 0.29) is 6.54 Å². The van der Waals surface area contributed by atoms with Gasteiger partial charge in [-0.25, -0.2) is 5.84 Å². The molecule has 0 fully saturated rings. The third-order valence-electron chi connectivity index (χ3n) is 5.39. The number of nitrogens with zero attached hydrogens (tertiary/aromatic N) is 2. The van der Waals surface area contributed by atoms with E-state index in [9.17, 15) is 5.11 Å². The Balaban J connectivity index is 1.66. The van der Waals surface area contributed by atoms with E-state index in [1.54, 1.807) is 32.4 Å². The maximum atomic E-state index is 10.9. The van der Waals surface area contributed by atoms with Crippen molar-refractivity contribution in [3.05, 3.63) is 84.4 Å². The maximum absolute atomic E-state index is 10.9. The minimum Gasteiger partial charge on any atom is -0.493 e. The van der Waals surface area contributed by atoms with Gasteiger partial charge in [-0.1, -0.05) is 54.6 Å². The lowest BCUT2D eigenvalue weighted by Gasteiger charge is -2.19. The molecule has 0 saturated carbocycles. The van der Waals surface area contributed by atoms with Crippen molar-refractivity contribution >= 4 is 23.3 Å². The van der Waals surface area contributed by atoms with Gasteiger partial charge < -0.3 is 30.6 Å². The summed E-state index contributed by atoms with van der Waals surface area (Å²) < 4.78 is 10.6. The molecule has 0 spiro atoms. The smallest absolute Gasteiger partial charge is 0.231 e. The first-order valence-electron chi connectivity index (χ1n) is 11.0. The number of methoxy groups -OCH3 is 2. The van der Waals surface area contributed by atoms with E-state index in [1.807, 2.05) is 60.7 Å². The van der Waals surface area contributed by atoms with E-state index < -0.39 is 6.10 Å². The number of anilines is 4. The average molecular weight is 473 g/mol. The molecule has 1 atom stereocenters. The number of benzene rings is 3. The molecule has 1 unspecified atom stereocenters. The number of hydrazine groups is 1. The number of aliphatic hydroxyl groups is 1. The van der Waals surface area contributed by atoms with Gasteiger partial charge in [0, 0.05) is 12.2 Å². The van der Waals surface area contributed by atoms with Gasteiger partial charge in [0.05, 0.1) is 25.9 Å². The lowest BCUT2D eigenvalue weighted by atomic mass is 10.1. The fourth-order valence-corrected chi connectivity index (χ4v) is 3.65. The van der Waals surface area contributed by atoms with Gasteiger partial charge in [0.25, 0.3) is 0 Å². The minimum absolute atomic E-state index is 0.182. The summed E-state index contributed by atoms with van der Waals surface area (Å²) in [5.41, 5.74) is 5.74. The molecule has 35 heavy (non-hydrogen) atoms. The van der Waals surface area contributed by atoms with Crippen LogP contribution in [0, 0.1) is 0 Å². The minimum atomic E-state index is -0.840. The Labute approximate surface area is 203 Å². The lowest BCUT2D eigenvalue weighted by Crippen LogP contribution is -2.17. The number of rotatable bonds is 10. The second-order valence-electron chi connectivity index (χ2n) is 7.63. The standard InChI is InChI=1S/C26H28N6O3/c1-34-21-14-13-18(15-22(21)35-2)20(33)16-28-24-23(17-9-5-3-6-10-17)25(32-27)31-26(30-24)29-19-11-7-4-8-12-19/h3-15,20,33H,16,27H2,1-2H3,(H3,28,29,30,31,32). The zero-order valence-electron chi connectivity index (χ0n) is 19.5. The van der Waals surface area contributed by atoms with Crippen LogP contribution in [0.5, 0.6) is 11.5 Å². The lowest BCUT2D eigenvalue weighted by molar-refractivity contribution is 0.191. The van der Waals surface area contributed by atoms with Crippen molar-refractivity contribution in [3.63, 3.8) is 0 Å². The van der Waals surface area contributed by atoms with Crippen LogP contribution in [0.1, 0.15) is 11.7 Å². The van der Waals surface area contributed by atoms with Crippen molar-refractivity contribution in [1.29, 1.82) is 0 Å². The number of ether oxygens (including phenoxy) is 2. The van der Waals surface area contributed by atoms with E-state index in [2.05, 4.69) is 21.0 Å². The number of hydrogen-bond acceptors (Lipinski definition) is 9. The molecule has 6 N–H and O–H groups in total. The molecule has 180 valence electrons. The molecule has 1 heterocycles. The molecule has 0 bridgehead atoms. The predicted molar refractivity (Wildman–Crippen MR) is 138 cm³/mol. The van der Waals surface area contributed by atoms with E-state index in [0.29, 0.717) is 40.2 Å². The Kier molecular flexibility index (Phi) is 7.61. The van der Waals surface area contributed by atoms with Crippen molar-refractivity contribution in [2.45, 2.75) is 6.10 Å². The van der Waals surface area contributed by atoms with Crippen LogP contribution in [-0.4, -0.2) is 35.8 Å². The van der Waals surface area contributed by atoms with E-state index in [4.69, 9.17) is 20.3 Å². The molecule has 0 aliphatic rings. The van der Waals surface area contributed by atoms with Gasteiger partial charge in [0.2, 0.25) is 5.95 Å². The normalized spacial score (nSPS) is 11.4. The summed E-state index contributed by atoms with van der Waals surface area (Å²) in [5.74, 6) is 8.29. The summed E-state index contributed by atoms with van der Waals surface area (Å²) in [5, 5.41) is 17.4. The predicted octanol–water partition coefficient (Wildman–Crippen LogP) is 4.34. The SMILES string of the molecule is COc1ccc(C(O)CNc2nc(Nc3ccccc3)nc(NN)c2-c2ccccc2)cc1OC. The number of nitrogens with two attached hydrogens (primary N) is 1. The number of aromatic nitrogens is 2. The Hall–Kier alpha value is -4.34. The fourth-order valence-electron chi connectivity index (χ4n) is 3.65. The molecule has 1 aromatic heterocycles. The molecule has 0 amide bonds. The summed E-state index contributed by atoms with van der Waals surface area (Å²) in [6.07, 6.45) is -0.840. The number of nitrogens with one attached hydrogen (secondary N) is 3. The van der Waals surface area contributed by atoms with Crippen molar-refractivity contribution in [2.75, 3.05) is 36.8 Å². The highest BCUT2D eigenvalue weighted by atomic mass is 16.5. The third kappa shape index (κ3) is 5.60. The van der Waals surface area contributed by atoms with Crippen LogP contribution < -0.4 is 31.4 Å². The second kappa shape index (κ2) is 11.2. The molecule has 4 aromatic rings. The zero-order chi connectivity index (χ0) is 24.6. The van der Waals surface area contributed by atoms with Crippen LogP contribution in [-0.2, 0) is 0 Å². The summed E-state index contributed by atoms with van der Waals surface area (Å²) in [4.78, 5) is 9.25. The highest BCUT2D eigenvalue weighted by Crippen LogP contribution is 2.35. The van der Waals surface area contributed by atoms with Gasteiger partial charge in [-0.3, -0.25) is 0 Å². The largest absolute Gasteiger partial charge is 0.493 e. The molecule has 4 rings (SSSR count). The fraction of sp³-hybridized carbons (Fsp3) is 0.154. The number of para-hydroxylation sites is 1. The van der Waals surface area contributed by atoms with Gasteiger partial charge in [-0.15, -0.1) is 0 Å². The van der Waals surface area contributed by atoms with Crippen LogP contribution in [0.15, 0.2) is 78.9 Å². The quantitative estimate of drug-likeness (QED) is 0.169. The van der Waals surface area contributed by atoms with Gasteiger partial charge >= 0.3 is 0 Å². The Morgan fingerprint density at radius 1 is 0.857 bits per heavy atom. The van der Waals surface area contributed by atoms with Crippen LogP contribution in [0.25, 0.3) is 11.1 Å². The molecular formula is C26H28N6O3. The van der Waals surface area contributed by atoms with Gasteiger partial charge in [0.15, 0.2) is 17.3 Å². The Morgan fingerprint density at radius 2 is 1.51 bits per heavy atom. The van der Waals surface area contributed by atoms with E-state index in [0.717, 1.165) is 11.3 Å². The molecule has 0 aliphatic carbocycles. The molecule has 0 aliphatic heterocycles. The van der Waals surface area contributed by atoms with Crippen molar-refractivity contribution in [2.24, 2.45) is 5.84 Å². The highest BCUT2D eigenvalue weighted by Gasteiger charge is 2.18. The molecule has 0 radical (unpaired) electrons. The summed E-state index contributed by atoms with van der Waals surface area (Å²) in [6.45, 7) is 0.182. The molecule has 9 heteroatoms. The first kappa shape index (κ1) is 23.8. The van der Waals surface area contributed by atoms with Crippen LogP contribution in [0.4, 0.5) is 23.3 Å². The maximum Gasteiger partial charge on any atom is 0.231 e. The molecular weight excluding hydrogens is 444 g/mol. The van der Waals surface area contributed by atoms with E-state index in [1.165, 1.54) is 0 Å². The third-order valence-corrected chi connectivity index (χ3v) is 5.39. The summed E-state index contributed by atoms with van der Waals surface area (Å²) in [6, 6.07) is 24.6. The Bertz CT molecular complexity index is 1250. The number of hydrogen-bond donors (Lipinski definition) is 5. The molecule has 3 aromatic carbocycles. The summed E-state index contributed by atoms with van der Waals surface area (Å²) in [7, 11) is 3.13. The Morgan fingerprint density at radius 3 is 2.17 bits per heavy atom. The van der Waals surface area contributed by atoms with Gasteiger partial charge in [0.1, 0.15) is 5.82 Å².